The molecule has 25 heavy (non-hydrogen) atoms. The van der Waals surface area contributed by atoms with Crippen molar-refractivity contribution in [2.45, 2.75) is 50.0 Å². The minimum atomic E-state index is -2.90. The van der Waals surface area contributed by atoms with Crippen molar-refractivity contribution < 1.29 is 23.8 Å². The van der Waals surface area contributed by atoms with Crippen molar-refractivity contribution in [3.8, 4) is 0 Å². The number of rotatable bonds is 6. The van der Waals surface area contributed by atoms with Crippen LogP contribution >= 0.6 is 0 Å². The van der Waals surface area contributed by atoms with Crippen molar-refractivity contribution in [1.29, 1.82) is 0 Å². The van der Waals surface area contributed by atoms with Gasteiger partial charge in [0.1, 0.15) is 0 Å². The zero-order valence-corrected chi connectivity index (χ0v) is 14.2. The molecule has 0 unspecified atom stereocenters. The van der Waals surface area contributed by atoms with Gasteiger partial charge in [-0.1, -0.05) is 24.3 Å². The minimum Gasteiger partial charge on any atom is -0.479 e. The normalized spacial score (nSPS) is 28.0. The molecule has 0 bridgehead atoms. The van der Waals surface area contributed by atoms with Crippen LogP contribution in [0, 0.1) is 11.8 Å². The topological polar surface area (TPSA) is 69.6 Å². The molecule has 3 N–H and O–H groups in total. The third-order valence-corrected chi connectivity index (χ3v) is 5.73. The predicted molar refractivity (Wildman–Crippen MR) is 89.6 cm³/mol. The number of nitrogens with one attached hydrogen (secondary N) is 1. The van der Waals surface area contributed by atoms with Crippen molar-refractivity contribution in [3.05, 3.63) is 35.4 Å². The predicted octanol–water partition coefficient (Wildman–Crippen LogP) is 2.94. The summed E-state index contributed by atoms with van der Waals surface area (Å²) >= 11 is 0. The molecule has 3 rings (SSSR count). The first-order valence-corrected chi connectivity index (χ1v) is 8.95. The smallest absolute Gasteiger partial charge is 0.340 e. The largest absolute Gasteiger partial charge is 0.479 e. The highest BCUT2D eigenvalue weighted by Crippen LogP contribution is 2.48. The van der Waals surface area contributed by atoms with Gasteiger partial charge in [-0.3, -0.25) is 0 Å². The fourth-order valence-corrected chi connectivity index (χ4v) is 4.25. The van der Waals surface area contributed by atoms with Gasteiger partial charge in [0.15, 0.2) is 5.60 Å². The van der Waals surface area contributed by atoms with E-state index in [1.807, 2.05) is 0 Å². The van der Waals surface area contributed by atoms with Gasteiger partial charge in [-0.05, 0) is 55.8 Å². The first kappa shape index (κ1) is 18.3. The van der Waals surface area contributed by atoms with E-state index >= 15 is 0 Å². The summed E-state index contributed by atoms with van der Waals surface area (Å²) in [6.45, 7) is 1.93. The summed E-state index contributed by atoms with van der Waals surface area (Å²) in [6.07, 6.45) is 1.67. The molecule has 2 aliphatic rings. The van der Waals surface area contributed by atoms with Crippen LogP contribution in [0.3, 0.4) is 0 Å². The lowest BCUT2D eigenvalue weighted by atomic mass is 9.77. The fraction of sp³-hybridized carbons (Fsp3) is 0.632. The molecule has 1 saturated heterocycles. The maximum Gasteiger partial charge on any atom is 0.340 e. The van der Waals surface area contributed by atoms with E-state index in [1.165, 1.54) is 0 Å². The Kier molecular flexibility index (Phi) is 5.11. The van der Waals surface area contributed by atoms with E-state index in [2.05, 4.69) is 5.32 Å². The molecule has 4 nitrogen and oxygen atoms in total. The molecule has 1 saturated carbocycles. The molecule has 0 spiro atoms. The van der Waals surface area contributed by atoms with E-state index in [1.54, 1.807) is 24.3 Å². The van der Waals surface area contributed by atoms with E-state index in [0.29, 0.717) is 12.3 Å². The van der Waals surface area contributed by atoms with Crippen molar-refractivity contribution in [2.75, 3.05) is 13.1 Å². The van der Waals surface area contributed by atoms with Crippen molar-refractivity contribution >= 4 is 5.97 Å². The standard InChI is InChI=1S/C19H25F2NO3/c20-18(21)9-7-15(11-18)19(25,17(23)24)16-4-2-1-3-14(16)6-5-13-8-10-22-12-13/h1-4,13,15,22,25H,5-12H2,(H,23,24)/t13-,15-,19-/m1/s1. The molecular formula is C19H25F2NO3. The highest BCUT2D eigenvalue weighted by Gasteiger charge is 2.54. The quantitative estimate of drug-likeness (QED) is 0.735. The summed E-state index contributed by atoms with van der Waals surface area (Å²) in [4.78, 5) is 11.9. The Labute approximate surface area is 146 Å². The van der Waals surface area contributed by atoms with Gasteiger partial charge in [0.05, 0.1) is 0 Å². The second-order valence-electron chi connectivity index (χ2n) is 7.42. The van der Waals surface area contributed by atoms with E-state index in [4.69, 9.17) is 0 Å². The molecule has 0 amide bonds. The zero-order valence-electron chi connectivity index (χ0n) is 14.2. The van der Waals surface area contributed by atoms with Crippen LogP contribution < -0.4 is 5.32 Å². The number of aliphatic carboxylic acids is 1. The fourth-order valence-electron chi connectivity index (χ4n) is 4.25. The summed E-state index contributed by atoms with van der Waals surface area (Å²) in [5.74, 6) is -4.79. The number of carboxylic acid groups (broad SMARTS) is 1. The summed E-state index contributed by atoms with van der Waals surface area (Å²) in [7, 11) is 0. The number of hydrogen-bond acceptors (Lipinski definition) is 3. The lowest BCUT2D eigenvalue weighted by Gasteiger charge is -2.32. The molecule has 0 radical (unpaired) electrons. The number of carbonyl (C=O) groups is 1. The third-order valence-electron chi connectivity index (χ3n) is 5.73. The molecule has 3 atom stereocenters. The first-order chi connectivity index (χ1) is 11.8. The van der Waals surface area contributed by atoms with E-state index in [0.717, 1.165) is 31.5 Å². The van der Waals surface area contributed by atoms with Crippen LogP contribution in [0.1, 0.15) is 43.2 Å². The Morgan fingerprint density at radius 1 is 1.32 bits per heavy atom. The highest BCUT2D eigenvalue weighted by molar-refractivity contribution is 5.80. The van der Waals surface area contributed by atoms with Gasteiger partial charge in [-0.2, -0.15) is 0 Å². The molecule has 1 heterocycles. The van der Waals surface area contributed by atoms with Crippen molar-refractivity contribution in [3.63, 3.8) is 0 Å². The average Bonchev–Trinajstić information content (AvgIpc) is 3.21. The van der Waals surface area contributed by atoms with Gasteiger partial charge < -0.3 is 15.5 Å². The van der Waals surface area contributed by atoms with Gasteiger partial charge in [-0.15, -0.1) is 0 Å². The van der Waals surface area contributed by atoms with Gasteiger partial charge in [0.2, 0.25) is 5.92 Å². The minimum absolute atomic E-state index is 0.0106. The van der Waals surface area contributed by atoms with E-state index in [9.17, 15) is 23.8 Å². The maximum absolute atomic E-state index is 13.6. The molecule has 2 fully saturated rings. The monoisotopic (exact) mass is 353 g/mol. The Hall–Kier alpha value is -1.53. The van der Waals surface area contributed by atoms with E-state index < -0.39 is 29.8 Å². The lowest BCUT2D eigenvalue weighted by Crippen LogP contribution is -2.43. The molecule has 138 valence electrons. The number of aryl methyl sites for hydroxylation is 1. The Balaban J connectivity index is 1.87. The Morgan fingerprint density at radius 2 is 2.08 bits per heavy atom. The highest BCUT2D eigenvalue weighted by atomic mass is 19.3. The number of hydrogen-bond donors (Lipinski definition) is 3. The second-order valence-corrected chi connectivity index (χ2v) is 7.42. The summed E-state index contributed by atoms with van der Waals surface area (Å²) in [5, 5.41) is 24.0. The zero-order chi connectivity index (χ0) is 18.1. The van der Waals surface area contributed by atoms with Crippen LogP contribution in [0.15, 0.2) is 24.3 Å². The molecule has 6 heteroatoms. The van der Waals surface area contributed by atoms with Crippen LogP contribution in [0.5, 0.6) is 0 Å². The summed E-state index contributed by atoms with van der Waals surface area (Å²) in [6, 6.07) is 6.85. The van der Waals surface area contributed by atoms with Gasteiger partial charge in [0.25, 0.3) is 0 Å². The second kappa shape index (κ2) is 7.00. The van der Waals surface area contributed by atoms with Crippen LogP contribution in [0.25, 0.3) is 0 Å². The SMILES string of the molecule is O=C(O)[C@](O)(c1ccccc1CC[C@@H]1CCNC1)[C@@H]1CCC(F)(F)C1. The van der Waals surface area contributed by atoms with Crippen molar-refractivity contribution in [2.24, 2.45) is 11.8 Å². The van der Waals surface area contributed by atoms with Gasteiger partial charge in [0, 0.05) is 18.8 Å². The van der Waals surface area contributed by atoms with Gasteiger partial charge in [-0.25, -0.2) is 13.6 Å². The number of benzene rings is 1. The van der Waals surface area contributed by atoms with Gasteiger partial charge >= 0.3 is 5.97 Å². The molecule has 0 aromatic heterocycles. The first-order valence-electron chi connectivity index (χ1n) is 8.95. The molecule has 1 aromatic carbocycles. The Morgan fingerprint density at radius 3 is 2.68 bits per heavy atom. The van der Waals surface area contributed by atoms with Crippen molar-refractivity contribution in [1.82, 2.24) is 5.32 Å². The Bertz CT molecular complexity index is 631. The summed E-state index contributed by atoms with van der Waals surface area (Å²) in [5.41, 5.74) is -1.24. The number of aliphatic hydroxyl groups is 1. The maximum atomic E-state index is 13.6. The molecular weight excluding hydrogens is 328 g/mol. The molecule has 1 aliphatic carbocycles. The number of alkyl halides is 2. The number of halogens is 2. The number of carboxylic acids is 1. The molecule has 1 aromatic rings. The van der Waals surface area contributed by atoms with E-state index in [-0.39, 0.29) is 18.4 Å². The van der Waals surface area contributed by atoms with Crippen LogP contribution in [0.2, 0.25) is 0 Å². The third kappa shape index (κ3) is 3.70. The lowest BCUT2D eigenvalue weighted by molar-refractivity contribution is -0.167. The van der Waals surface area contributed by atoms with Crippen LogP contribution in [-0.4, -0.2) is 35.2 Å². The summed E-state index contributed by atoms with van der Waals surface area (Å²) < 4.78 is 27.3. The average molecular weight is 353 g/mol. The van der Waals surface area contributed by atoms with Crippen LogP contribution in [-0.2, 0) is 16.8 Å². The van der Waals surface area contributed by atoms with Crippen LogP contribution in [0.4, 0.5) is 8.78 Å². The molecule has 1 aliphatic heterocycles.